The lowest BCUT2D eigenvalue weighted by molar-refractivity contribution is -0.116. The molecule has 1 aromatic carbocycles. The maximum atomic E-state index is 12.5. The number of sulfone groups is 1. The number of nitrogens with zero attached hydrogens (tertiary/aromatic N) is 2. The Hall–Kier alpha value is -2.75. The molecule has 10 heteroatoms. The molecule has 0 bridgehead atoms. The summed E-state index contributed by atoms with van der Waals surface area (Å²) in [6.07, 6.45) is 0.664. The number of fused-ring (bicyclic) bond motifs is 1. The number of carbonyl (C=O) groups excluding carboxylic acids is 1. The van der Waals surface area contributed by atoms with Crippen LogP contribution in [0.2, 0.25) is 0 Å². The van der Waals surface area contributed by atoms with Crippen molar-refractivity contribution in [2.45, 2.75) is 31.7 Å². The fourth-order valence-electron chi connectivity index (χ4n) is 4.20. The summed E-state index contributed by atoms with van der Waals surface area (Å²) in [5.74, 6) is 0.554. The molecule has 2 aliphatic heterocycles. The third-order valence-corrected chi connectivity index (χ3v) is 7.34. The summed E-state index contributed by atoms with van der Waals surface area (Å²) in [4.78, 5) is 12.5. The lowest BCUT2D eigenvalue weighted by atomic mass is 9.85. The Bertz CT molecular complexity index is 1070. The second-order valence-corrected chi connectivity index (χ2v) is 9.66. The second-order valence-electron chi connectivity index (χ2n) is 7.43. The molecule has 1 saturated heterocycles. The van der Waals surface area contributed by atoms with Crippen molar-refractivity contribution in [2.75, 3.05) is 31.0 Å². The van der Waals surface area contributed by atoms with Crippen LogP contribution < -0.4 is 14.8 Å². The van der Waals surface area contributed by atoms with E-state index in [0.717, 1.165) is 16.8 Å². The lowest BCUT2D eigenvalue weighted by Crippen LogP contribution is -2.26. The molecule has 4 rings (SSSR count). The van der Waals surface area contributed by atoms with E-state index in [1.54, 1.807) is 16.8 Å². The molecule has 0 radical (unpaired) electrons. The molecule has 2 atom stereocenters. The SMILES string of the molecule is COc1cc([C@H]2CC(=O)Nc3c2c(C)nn3[C@@H]2CCS(=O)(=O)C2)cc(OC)c1O. The fourth-order valence-corrected chi connectivity index (χ4v) is 5.90. The number of nitrogens with one attached hydrogen (secondary N) is 1. The predicted octanol–water partition coefficient (Wildman–Crippen LogP) is 1.75. The zero-order chi connectivity index (χ0) is 20.9. The third-order valence-electron chi connectivity index (χ3n) is 5.59. The summed E-state index contributed by atoms with van der Waals surface area (Å²) in [6, 6.07) is 3.06. The van der Waals surface area contributed by atoms with Crippen molar-refractivity contribution in [3.63, 3.8) is 0 Å². The van der Waals surface area contributed by atoms with E-state index in [2.05, 4.69) is 10.4 Å². The lowest BCUT2D eigenvalue weighted by Gasteiger charge is -2.26. The molecule has 2 N–H and O–H groups in total. The van der Waals surface area contributed by atoms with Gasteiger partial charge >= 0.3 is 0 Å². The van der Waals surface area contributed by atoms with E-state index in [1.807, 2.05) is 6.92 Å². The Balaban J connectivity index is 1.83. The zero-order valence-corrected chi connectivity index (χ0v) is 17.2. The van der Waals surface area contributed by atoms with Gasteiger partial charge in [-0.05, 0) is 31.0 Å². The van der Waals surface area contributed by atoms with Crippen LogP contribution in [-0.2, 0) is 14.6 Å². The number of anilines is 1. The molecule has 1 aromatic heterocycles. The first kappa shape index (κ1) is 19.6. The normalized spacial score (nSPS) is 22.8. The maximum Gasteiger partial charge on any atom is 0.226 e. The Morgan fingerprint density at radius 3 is 2.45 bits per heavy atom. The molecule has 1 fully saturated rings. The van der Waals surface area contributed by atoms with Crippen LogP contribution in [0.1, 0.15) is 41.6 Å². The number of phenolic OH excluding ortho intramolecular Hbond substituents is 1. The van der Waals surface area contributed by atoms with Crippen molar-refractivity contribution in [1.29, 1.82) is 0 Å². The van der Waals surface area contributed by atoms with Gasteiger partial charge in [0.15, 0.2) is 21.3 Å². The van der Waals surface area contributed by atoms with E-state index >= 15 is 0 Å². The predicted molar refractivity (Wildman–Crippen MR) is 106 cm³/mol. The monoisotopic (exact) mass is 421 g/mol. The van der Waals surface area contributed by atoms with Crippen molar-refractivity contribution in [1.82, 2.24) is 9.78 Å². The van der Waals surface area contributed by atoms with Crippen LogP contribution in [0.5, 0.6) is 17.2 Å². The van der Waals surface area contributed by atoms with Crippen molar-refractivity contribution < 1.29 is 27.8 Å². The summed E-state index contributed by atoms with van der Waals surface area (Å²) in [6.45, 7) is 1.85. The number of methoxy groups -OCH3 is 2. The number of hydrogen-bond acceptors (Lipinski definition) is 7. The average Bonchev–Trinajstić information content (AvgIpc) is 3.20. The van der Waals surface area contributed by atoms with Crippen LogP contribution in [0.15, 0.2) is 12.1 Å². The summed E-state index contributed by atoms with van der Waals surface area (Å²) >= 11 is 0. The van der Waals surface area contributed by atoms with Gasteiger partial charge in [0.1, 0.15) is 5.82 Å². The van der Waals surface area contributed by atoms with Crippen LogP contribution in [0.25, 0.3) is 0 Å². The molecule has 1 amide bonds. The van der Waals surface area contributed by atoms with E-state index in [9.17, 15) is 18.3 Å². The van der Waals surface area contributed by atoms with Crippen molar-refractivity contribution >= 4 is 21.6 Å². The fraction of sp³-hybridized carbons (Fsp3) is 0.474. The number of aromatic nitrogens is 2. The first-order valence-corrected chi connectivity index (χ1v) is 11.1. The van der Waals surface area contributed by atoms with Gasteiger partial charge in [0, 0.05) is 17.9 Å². The van der Waals surface area contributed by atoms with E-state index in [-0.39, 0.29) is 53.0 Å². The van der Waals surface area contributed by atoms with E-state index in [0.29, 0.717) is 12.2 Å². The summed E-state index contributed by atoms with van der Waals surface area (Å²) in [5, 5.41) is 17.7. The van der Waals surface area contributed by atoms with Crippen LogP contribution in [-0.4, -0.2) is 54.9 Å². The smallest absolute Gasteiger partial charge is 0.226 e. The quantitative estimate of drug-likeness (QED) is 0.772. The van der Waals surface area contributed by atoms with Gasteiger partial charge in [0.25, 0.3) is 0 Å². The Labute approximate surface area is 168 Å². The van der Waals surface area contributed by atoms with Gasteiger partial charge in [-0.25, -0.2) is 13.1 Å². The molecular formula is C19H23N3O6S. The van der Waals surface area contributed by atoms with Gasteiger partial charge in [-0.15, -0.1) is 0 Å². The summed E-state index contributed by atoms with van der Waals surface area (Å²) in [5.41, 5.74) is 2.30. The highest BCUT2D eigenvalue weighted by molar-refractivity contribution is 7.91. The first-order valence-electron chi connectivity index (χ1n) is 9.28. The Kier molecular flexibility index (Phi) is 4.68. The van der Waals surface area contributed by atoms with E-state index < -0.39 is 9.84 Å². The van der Waals surface area contributed by atoms with Gasteiger partial charge in [0.05, 0.1) is 37.5 Å². The van der Waals surface area contributed by atoms with E-state index in [1.165, 1.54) is 14.2 Å². The highest BCUT2D eigenvalue weighted by Crippen LogP contribution is 2.45. The van der Waals surface area contributed by atoms with Crippen LogP contribution in [0.4, 0.5) is 5.82 Å². The highest BCUT2D eigenvalue weighted by Gasteiger charge is 2.37. The largest absolute Gasteiger partial charge is 0.502 e. The molecule has 29 heavy (non-hydrogen) atoms. The molecule has 2 aromatic rings. The van der Waals surface area contributed by atoms with Gasteiger partial charge < -0.3 is 19.9 Å². The topological polar surface area (TPSA) is 120 Å². The number of phenols is 1. The van der Waals surface area contributed by atoms with Crippen LogP contribution in [0.3, 0.4) is 0 Å². The Morgan fingerprint density at radius 1 is 1.24 bits per heavy atom. The number of aryl methyl sites for hydroxylation is 1. The minimum Gasteiger partial charge on any atom is -0.502 e. The standard InChI is InChI=1S/C19H23N3O6S/c1-10-17-13(11-6-14(27-2)18(24)15(7-11)28-3)8-16(23)20-19(17)22(21-10)12-4-5-29(25,26)9-12/h6-7,12-13,24H,4-5,8-9H2,1-3H3,(H,20,23)/t12-,13-/m1/s1. The van der Waals surface area contributed by atoms with Crippen molar-refractivity contribution in [3.05, 3.63) is 29.0 Å². The molecule has 0 aliphatic carbocycles. The number of benzene rings is 1. The summed E-state index contributed by atoms with van der Waals surface area (Å²) in [7, 11) is -0.206. The first-order chi connectivity index (χ1) is 13.7. The molecular weight excluding hydrogens is 398 g/mol. The zero-order valence-electron chi connectivity index (χ0n) is 16.4. The molecule has 0 spiro atoms. The number of hydrogen-bond donors (Lipinski definition) is 2. The molecule has 0 saturated carbocycles. The molecule has 9 nitrogen and oxygen atoms in total. The van der Waals surface area contributed by atoms with Gasteiger partial charge in [0.2, 0.25) is 11.7 Å². The molecule has 2 aliphatic rings. The maximum absolute atomic E-state index is 12.5. The minimum absolute atomic E-state index is 0.0158. The number of aromatic hydroxyl groups is 1. The Morgan fingerprint density at radius 2 is 1.90 bits per heavy atom. The number of ether oxygens (including phenoxy) is 2. The number of amides is 1. The summed E-state index contributed by atoms with van der Waals surface area (Å²) < 4.78 is 36.0. The van der Waals surface area contributed by atoms with Gasteiger partial charge in [-0.1, -0.05) is 0 Å². The van der Waals surface area contributed by atoms with Crippen LogP contribution >= 0.6 is 0 Å². The van der Waals surface area contributed by atoms with Gasteiger partial charge in [-0.2, -0.15) is 5.10 Å². The average molecular weight is 421 g/mol. The molecule has 0 unspecified atom stereocenters. The highest BCUT2D eigenvalue weighted by atomic mass is 32.2. The molecule has 3 heterocycles. The number of rotatable bonds is 4. The van der Waals surface area contributed by atoms with Crippen molar-refractivity contribution in [2.24, 2.45) is 0 Å². The second kappa shape index (κ2) is 6.94. The van der Waals surface area contributed by atoms with E-state index in [4.69, 9.17) is 9.47 Å². The van der Waals surface area contributed by atoms with Gasteiger partial charge in [-0.3, -0.25) is 4.79 Å². The minimum atomic E-state index is -3.10. The molecule has 156 valence electrons. The number of carbonyl (C=O) groups is 1. The van der Waals surface area contributed by atoms with Crippen LogP contribution in [0, 0.1) is 6.92 Å². The third kappa shape index (κ3) is 3.31. The van der Waals surface area contributed by atoms with Crippen molar-refractivity contribution in [3.8, 4) is 17.2 Å².